The number of halogens is 1. The van der Waals surface area contributed by atoms with Crippen LogP contribution in [0.25, 0.3) is 22.0 Å². The number of aromatic nitrogens is 6. The summed E-state index contributed by atoms with van der Waals surface area (Å²) in [6.07, 6.45) is 8.81. The van der Waals surface area contributed by atoms with Crippen LogP contribution in [-0.4, -0.2) is 60.0 Å². The van der Waals surface area contributed by atoms with E-state index in [2.05, 4.69) is 42.8 Å². The van der Waals surface area contributed by atoms with E-state index in [1.54, 1.807) is 0 Å². The molecule has 186 valence electrons. The summed E-state index contributed by atoms with van der Waals surface area (Å²) in [5.74, 6) is 1.94. The van der Waals surface area contributed by atoms with Crippen LogP contribution in [-0.2, 0) is 17.9 Å². The van der Waals surface area contributed by atoms with Gasteiger partial charge in [0.05, 0.1) is 29.3 Å². The number of anilines is 1. The lowest BCUT2D eigenvalue weighted by molar-refractivity contribution is -0.127. The number of piperidine rings is 1. The first-order valence-corrected chi connectivity index (χ1v) is 12.7. The molecule has 10 heteroatoms. The molecule has 36 heavy (non-hydrogen) atoms. The number of carbonyl (C=O) groups is 1. The number of benzene rings is 1. The van der Waals surface area contributed by atoms with Crippen molar-refractivity contribution in [3.63, 3.8) is 0 Å². The Hall–Kier alpha value is -3.59. The summed E-state index contributed by atoms with van der Waals surface area (Å²) in [7, 11) is 0. The van der Waals surface area contributed by atoms with Crippen LogP contribution >= 0.6 is 11.6 Å². The molecular formula is C26H29ClN8O. The average molecular weight is 505 g/mol. The minimum absolute atomic E-state index is 0.00951. The number of amides is 1. The molecule has 0 saturated carbocycles. The molecule has 4 aromatic rings. The largest absolute Gasteiger partial charge is 0.345 e. The van der Waals surface area contributed by atoms with E-state index >= 15 is 0 Å². The second kappa shape index (κ2) is 8.81. The first-order valence-electron chi connectivity index (χ1n) is 12.3. The molecule has 2 aliphatic rings. The van der Waals surface area contributed by atoms with E-state index in [0.29, 0.717) is 19.6 Å². The smallest absolute Gasteiger partial charge is 0.245 e. The predicted octanol–water partition coefficient (Wildman–Crippen LogP) is 4.26. The first-order chi connectivity index (χ1) is 17.5. The molecule has 6 rings (SSSR count). The van der Waals surface area contributed by atoms with Crippen molar-refractivity contribution in [3.8, 4) is 11.1 Å². The van der Waals surface area contributed by atoms with Gasteiger partial charge in [-0.05, 0) is 44.4 Å². The number of H-pyrrole nitrogens is 1. The molecule has 0 bridgehead atoms. The summed E-state index contributed by atoms with van der Waals surface area (Å²) in [4.78, 5) is 20.9. The number of aryl methyl sites for hydroxylation is 1. The minimum atomic E-state index is -0.00951. The van der Waals surface area contributed by atoms with E-state index in [-0.39, 0.29) is 11.9 Å². The molecular weight excluding hydrogens is 476 g/mol. The van der Waals surface area contributed by atoms with Gasteiger partial charge in [0.1, 0.15) is 5.82 Å². The Morgan fingerprint density at radius 1 is 1.19 bits per heavy atom. The van der Waals surface area contributed by atoms with Crippen LogP contribution in [0.3, 0.4) is 0 Å². The van der Waals surface area contributed by atoms with Crippen LogP contribution in [0, 0.1) is 13.8 Å². The topological polar surface area (TPSA) is 87.9 Å². The third-order valence-electron chi connectivity index (χ3n) is 7.59. The molecule has 0 aliphatic carbocycles. The number of aromatic amines is 1. The Morgan fingerprint density at radius 3 is 2.78 bits per heavy atom. The maximum absolute atomic E-state index is 12.1. The lowest BCUT2D eigenvalue weighted by Crippen LogP contribution is -2.38. The minimum Gasteiger partial charge on any atom is -0.345 e. The van der Waals surface area contributed by atoms with Gasteiger partial charge < -0.3 is 14.4 Å². The number of fused-ring (bicyclic) bond motifs is 2. The van der Waals surface area contributed by atoms with Crippen LogP contribution in [0.15, 0.2) is 37.3 Å². The SMILES string of the molecule is C=CC(=O)N1CCC(n2nc(N3CCn4ccnc4C3)c(-c3c(Cl)c(C)cc4[nH]ncc34)c2C)CC1. The zero-order chi connectivity index (χ0) is 25.0. The van der Waals surface area contributed by atoms with Gasteiger partial charge in [0, 0.05) is 60.8 Å². The molecule has 5 heterocycles. The van der Waals surface area contributed by atoms with E-state index in [0.717, 1.165) is 75.9 Å². The van der Waals surface area contributed by atoms with Crippen molar-refractivity contribution < 1.29 is 4.79 Å². The number of hydrogen-bond acceptors (Lipinski definition) is 5. The van der Waals surface area contributed by atoms with Crippen molar-refractivity contribution in [3.05, 3.63) is 59.4 Å². The molecule has 0 unspecified atom stereocenters. The van der Waals surface area contributed by atoms with Crippen LogP contribution < -0.4 is 4.90 Å². The number of imidazole rings is 1. The highest BCUT2D eigenvalue weighted by Crippen LogP contribution is 2.44. The molecule has 9 nitrogen and oxygen atoms in total. The van der Waals surface area contributed by atoms with E-state index in [1.165, 1.54) is 6.08 Å². The average Bonchev–Trinajstić information content (AvgIpc) is 3.63. The number of hydrogen-bond donors (Lipinski definition) is 1. The van der Waals surface area contributed by atoms with Crippen LogP contribution in [0.5, 0.6) is 0 Å². The summed E-state index contributed by atoms with van der Waals surface area (Å²) < 4.78 is 4.35. The monoisotopic (exact) mass is 504 g/mol. The molecule has 2 aliphatic heterocycles. The number of rotatable bonds is 4. The summed E-state index contributed by atoms with van der Waals surface area (Å²) in [5, 5.41) is 14.4. The van der Waals surface area contributed by atoms with Gasteiger partial charge in [0.25, 0.3) is 0 Å². The van der Waals surface area contributed by atoms with E-state index in [4.69, 9.17) is 16.7 Å². The summed E-state index contributed by atoms with van der Waals surface area (Å²) in [5.41, 5.74) is 5.02. The molecule has 1 aromatic carbocycles. The fraction of sp³-hybridized carbons (Fsp3) is 0.385. The van der Waals surface area contributed by atoms with Gasteiger partial charge in [-0.25, -0.2) is 4.98 Å². The van der Waals surface area contributed by atoms with Gasteiger partial charge in [-0.2, -0.15) is 10.2 Å². The van der Waals surface area contributed by atoms with Gasteiger partial charge in [0.15, 0.2) is 5.82 Å². The van der Waals surface area contributed by atoms with Crippen molar-refractivity contribution in [2.75, 3.05) is 24.5 Å². The quantitative estimate of drug-likeness (QED) is 0.419. The third-order valence-corrected chi connectivity index (χ3v) is 8.07. The molecule has 1 saturated heterocycles. The molecule has 1 amide bonds. The fourth-order valence-electron chi connectivity index (χ4n) is 5.63. The Kier molecular flexibility index (Phi) is 5.59. The number of carbonyl (C=O) groups excluding carboxylic acids is 1. The predicted molar refractivity (Wildman–Crippen MR) is 140 cm³/mol. The Labute approximate surface area is 214 Å². The second-order valence-corrected chi connectivity index (χ2v) is 10.0. The van der Waals surface area contributed by atoms with Crippen molar-refractivity contribution >= 4 is 34.2 Å². The second-order valence-electron chi connectivity index (χ2n) is 9.66. The highest BCUT2D eigenvalue weighted by Gasteiger charge is 2.31. The number of nitrogens with one attached hydrogen (secondary N) is 1. The van der Waals surface area contributed by atoms with Crippen molar-refractivity contribution in [1.29, 1.82) is 0 Å². The summed E-state index contributed by atoms with van der Waals surface area (Å²) in [6, 6.07) is 2.24. The van der Waals surface area contributed by atoms with Gasteiger partial charge in [-0.15, -0.1) is 0 Å². The van der Waals surface area contributed by atoms with E-state index < -0.39 is 0 Å². The summed E-state index contributed by atoms with van der Waals surface area (Å²) >= 11 is 7.01. The number of likely N-dealkylation sites (tertiary alicyclic amines) is 1. The van der Waals surface area contributed by atoms with Crippen LogP contribution in [0.1, 0.15) is 36.0 Å². The Morgan fingerprint density at radius 2 is 2.00 bits per heavy atom. The zero-order valence-electron chi connectivity index (χ0n) is 20.5. The lowest BCUT2D eigenvalue weighted by Gasteiger charge is -2.32. The van der Waals surface area contributed by atoms with Gasteiger partial charge >= 0.3 is 0 Å². The van der Waals surface area contributed by atoms with E-state index in [1.807, 2.05) is 36.5 Å². The zero-order valence-corrected chi connectivity index (χ0v) is 21.3. The fourth-order valence-corrected chi connectivity index (χ4v) is 5.88. The van der Waals surface area contributed by atoms with Crippen molar-refractivity contribution in [2.45, 2.75) is 45.8 Å². The first kappa shape index (κ1) is 22.8. The Balaban J connectivity index is 1.48. The van der Waals surface area contributed by atoms with E-state index in [9.17, 15) is 4.79 Å². The van der Waals surface area contributed by atoms with Crippen LogP contribution in [0.4, 0.5) is 5.82 Å². The third kappa shape index (κ3) is 3.61. The van der Waals surface area contributed by atoms with Crippen molar-refractivity contribution in [1.82, 2.24) is 34.4 Å². The molecule has 0 radical (unpaired) electrons. The highest BCUT2D eigenvalue weighted by atomic mass is 35.5. The molecule has 1 N–H and O–H groups in total. The maximum atomic E-state index is 12.1. The normalized spacial score (nSPS) is 16.5. The van der Waals surface area contributed by atoms with Gasteiger partial charge in [-0.1, -0.05) is 18.2 Å². The number of nitrogens with zero attached hydrogens (tertiary/aromatic N) is 7. The summed E-state index contributed by atoms with van der Waals surface area (Å²) in [6.45, 7) is 11.5. The lowest BCUT2D eigenvalue weighted by atomic mass is 9.98. The maximum Gasteiger partial charge on any atom is 0.245 e. The van der Waals surface area contributed by atoms with Crippen molar-refractivity contribution in [2.24, 2.45) is 0 Å². The molecule has 0 atom stereocenters. The molecule has 3 aromatic heterocycles. The van der Waals surface area contributed by atoms with Gasteiger partial charge in [0.2, 0.25) is 5.91 Å². The van der Waals surface area contributed by atoms with Gasteiger partial charge in [-0.3, -0.25) is 14.6 Å². The highest BCUT2D eigenvalue weighted by molar-refractivity contribution is 6.36. The van der Waals surface area contributed by atoms with Crippen LogP contribution in [0.2, 0.25) is 5.02 Å². The molecule has 0 spiro atoms. The standard InChI is InChI=1S/C26H29ClN8O/c1-4-22(36)33-8-5-18(6-9-33)35-17(3)23(24-19-14-29-30-20(19)13-16(2)25(24)27)26(31-35)34-12-11-32-10-7-28-21(32)15-34/h4,7,10,13-14,18H,1,5-6,8-9,11-12,15H2,2-3H3,(H,29,30). The Bertz CT molecular complexity index is 1470. The molecule has 1 fully saturated rings.